The summed E-state index contributed by atoms with van der Waals surface area (Å²) in [5.41, 5.74) is 0.190. The van der Waals surface area contributed by atoms with Gasteiger partial charge in [0.2, 0.25) is 5.90 Å². The zero-order valence-electron chi connectivity index (χ0n) is 15.4. The van der Waals surface area contributed by atoms with E-state index in [1.165, 1.54) is 6.08 Å². The molecule has 1 aliphatic heterocycles. The molecule has 31 heavy (non-hydrogen) atoms. The predicted octanol–water partition coefficient (Wildman–Crippen LogP) is 7.60. The van der Waals surface area contributed by atoms with Gasteiger partial charge in [0.05, 0.1) is 26.5 Å². The Hall–Kier alpha value is -1.54. The van der Waals surface area contributed by atoms with E-state index in [2.05, 4.69) is 20.9 Å². The van der Waals surface area contributed by atoms with Crippen LogP contribution in [0.1, 0.15) is 35.4 Å². The summed E-state index contributed by atoms with van der Waals surface area (Å²) in [5, 5.41) is -0.113. The zero-order valence-corrected chi connectivity index (χ0v) is 19.3. The van der Waals surface area contributed by atoms with E-state index in [-0.39, 0.29) is 32.5 Å². The Morgan fingerprint density at radius 2 is 1.77 bits per heavy atom. The fraction of sp³-hybridized carbons (Fsp3) is 0.238. The van der Waals surface area contributed by atoms with Crippen LogP contribution in [0, 0.1) is 0 Å². The molecule has 3 nitrogen and oxygen atoms in total. The number of rotatable bonds is 4. The highest BCUT2D eigenvalue weighted by atomic mass is 79.9. The Kier molecular flexibility index (Phi) is 5.92. The first-order valence-electron chi connectivity index (χ1n) is 9.01. The molecule has 0 amide bonds. The van der Waals surface area contributed by atoms with E-state index in [1.807, 2.05) is 0 Å². The Balaban J connectivity index is 1.62. The lowest BCUT2D eigenvalue weighted by Crippen LogP contribution is -2.19. The number of cyclic esters (lactones) is 1. The Bertz CT molecular complexity index is 1120. The second-order valence-corrected chi connectivity index (χ2v) is 9.30. The molecule has 1 atom stereocenters. The summed E-state index contributed by atoms with van der Waals surface area (Å²) in [6.45, 7) is 0. The third kappa shape index (κ3) is 4.51. The molecule has 1 saturated carbocycles. The molecule has 2 aliphatic rings. The van der Waals surface area contributed by atoms with E-state index in [0.717, 1.165) is 18.2 Å². The third-order valence-electron chi connectivity index (χ3n) is 5.03. The van der Waals surface area contributed by atoms with Gasteiger partial charge in [-0.15, -0.1) is 0 Å². The maximum atomic E-state index is 13.7. The van der Waals surface area contributed by atoms with Crippen molar-refractivity contribution < 1.29 is 22.7 Å². The number of halogens is 7. The summed E-state index contributed by atoms with van der Waals surface area (Å²) in [7, 11) is 0. The van der Waals surface area contributed by atoms with Crippen LogP contribution in [0.5, 0.6) is 0 Å². The molecule has 2 aromatic rings. The molecule has 0 saturated heterocycles. The van der Waals surface area contributed by atoms with Crippen LogP contribution in [0.3, 0.4) is 0 Å². The van der Waals surface area contributed by atoms with Gasteiger partial charge in [0.15, 0.2) is 5.54 Å². The Labute approximate surface area is 199 Å². The second-order valence-electron chi connectivity index (χ2n) is 7.25. The van der Waals surface area contributed by atoms with Crippen LogP contribution in [0.25, 0.3) is 6.08 Å². The summed E-state index contributed by atoms with van der Waals surface area (Å²) in [4.78, 5) is 16.3. The van der Waals surface area contributed by atoms with Gasteiger partial charge in [-0.05, 0) is 64.2 Å². The maximum Gasteiger partial charge on any atom is 0.399 e. The van der Waals surface area contributed by atoms with Crippen LogP contribution >= 0.6 is 50.7 Å². The lowest BCUT2D eigenvalue weighted by atomic mass is 9.97. The topological polar surface area (TPSA) is 38.7 Å². The van der Waals surface area contributed by atoms with E-state index >= 15 is 0 Å². The number of benzene rings is 2. The quantitative estimate of drug-likeness (QED) is 0.289. The number of allylic oxidation sites excluding steroid dienone is 1. The average Bonchev–Trinajstić information content (AvgIpc) is 3.38. The van der Waals surface area contributed by atoms with Gasteiger partial charge in [-0.3, -0.25) is 0 Å². The zero-order chi connectivity index (χ0) is 22.6. The summed E-state index contributed by atoms with van der Waals surface area (Å²) < 4.78 is 46.9. The van der Waals surface area contributed by atoms with E-state index in [0.29, 0.717) is 28.4 Å². The van der Waals surface area contributed by atoms with Gasteiger partial charge in [0.1, 0.15) is 0 Å². The van der Waals surface area contributed by atoms with Gasteiger partial charge in [0, 0.05) is 4.47 Å². The highest BCUT2D eigenvalue weighted by molar-refractivity contribution is 9.10. The first kappa shape index (κ1) is 22.6. The molecule has 10 heteroatoms. The third-order valence-corrected chi connectivity index (χ3v) is 6.88. The SMILES string of the molecule is O=C1OC(c2ccc(C=CC(c3cc(Cl)c(Cl)c(Cl)c3)C(F)(F)F)cc2Br)=NC12CC2. The molecule has 0 aromatic heterocycles. The number of hydrogen-bond acceptors (Lipinski definition) is 3. The van der Waals surface area contributed by atoms with E-state index in [1.54, 1.807) is 18.2 Å². The van der Waals surface area contributed by atoms with Crippen molar-refractivity contribution in [3.05, 3.63) is 72.6 Å². The first-order valence-corrected chi connectivity index (χ1v) is 10.9. The van der Waals surface area contributed by atoms with Crippen LogP contribution in [-0.2, 0) is 9.53 Å². The fourth-order valence-electron chi connectivity index (χ4n) is 3.17. The van der Waals surface area contributed by atoms with Crippen molar-refractivity contribution in [1.29, 1.82) is 0 Å². The highest BCUT2D eigenvalue weighted by Crippen LogP contribution is 2.45. The van der Waals surface area contributed by atoms with Gasteiger partial charge >= 0.3 is 12.1 Å². The average molecular weight is 554 g/mol. The molecule has 162 valence electrons. The standard InChI is InChI=1S/C21H12BrCl3F3NO2/c22-14-7-10(1-3-12(14)18-29-20(5-6-20)19(30)31-18)2-4-13(21(26,27)28)11-8-15(23)17(25)16(24)9-11/h1-4,7-9,13H,5-6H2. The van der Waals surface area contributed by atoms with Gasteiger partial charge in [-0.1, -0.05) is 53.0 Å². The number of alkyl halides is 3. The van der Waals surface area contributed by atoms with Crippen molar-refractivity contribution in [2.45, 2.75) is 30.5 Å². The van der Waals surface area contributed by atoms with Crippen molar-refractivity contribution in [3.63, 3.8) is 0 Å². The highest BCUT2D eigenvalue weighted by Gasteiger charge is 2.56. The number of nitrogens with zero attached hydrogens (tertiary/aromatic N) is 1. The minimum Gasteiger partial charge on any atom is -0.405 e. The number of carbonyl (C=O) groups excluding carboxylic acids is 1. The lowest BCUT2D eigenvalue weighted by Gasteiger charge is -2.18. The molecule has 4 rings (SSSR count). The minimum absolute atomic E-state index is 0.0000109. The molecule has 1 aliphatic carbocycles. The predicted molar refractivity (Wildman–Crippen MR) is 118 cm³/mol. The van der Waals surface area contributed by atoms with Gasteiger partial charge in [0.25, 0.3) is 0 Å². The van der Waals surface area contributed by atoms with Crippen molar-refractivity contribution in [1.82, 2.24) is 0 Å². The smallest absolute Gasteiger partial charge is 0.399 e. The summed E-state index contributed by atoms with van der Waals surface area (Å²) in [5.74, 6) is -2.09. The van der Waals surface area contributed by atoms with Crippen molar-refractivity contribution in [2.24, 2.45) is 4.99 Å². The lowest BCUT2D eigenvalue weighted by molar-refractivity contribution is -0.139. The van der Waals surface area contributed by atoms with Crippen LogP contribution < -0.4 is 0 Å². The minimum atomic E-state index is -4.57. The largest absolute Gasteiger partial charge is 0.405 e. The fourth-order valence-corrected chi connectivity index (χ4v) is 4.35. The van der Waals surface area contributed by atoms with Crippen molar-refractivity contribution >= 4 is 68.7 Å². The van der Waals surface area contributed by atoms with Gasteiger partial charge < -0.3 is 4.74 Å². The van der Waals surface area contributed by atoms with Crippen LogP contribution in [0.15, 0.2) is 45.9 Å². The number of aliphatic imine (C=N–C) groups is 1. The molecule has 1 unspecified atom stereocenters. The van der Waals surface area contributed by atoms with Crippen LogP contribution in [-0.4, -0.2) is 23.6 Å². The van der Waals surface area contributed by atoms with E-state index in [9.17, 15) is 18.0 Å². The number of esters is 1. The first-order chi connectivity index (χ1) is 14.5. The monoisotopic (exact) mass is 551 g/mol. The molecule has 1 fully saturated rings. The molecule has 0 bridgehead atoms. The van der Waals surface area contributed by atoms with Gasteiger partial charge in [-0.2, -0.15) is 13.2 Å². The Morgan fingerprint density at radius 1 is 1.13 bits per heavy atom. The molecular weight excluding hydrogens is 541 g/mol. The molecule has 2 aromatic carbocycles. The molecule has 1 heterocycles. The summed E-state index contributed by atoms with van der Waals surface area (Å²) in [6.07, 6.45) is -0.895. The molecule has 0 radical (unpaired) electrons. The Morgan fingerprint density at radius 3 is 2.29 bits per heavy atom. The number of carbonyl (C=O) groups is 1. The maximum absolute atomic E-state index is 13.7. The van der Waals surface area contributed by atoms with E-state index in [4.69, 9.17) is 39.5 Å². The summed E-state index contributed by atoms with van der Waals surface area (Å²) >= 11 is 21.0. The molecule has 0 N–H and O–H groups in total. The number of hydrogen-bond donors (Lipinski definition) is 0. The van der Waals surface area contributed by atoms with Crippen LogP contribution in [0.4, 0.5) is 13.2 Å². The van der Waals surface area contributed by atoms with Crippen LogP contribution in [0.2, 0.25) is 15.1 Å². The van der Waals surface area contributed by atoms with E-state index < -0.39 is 17.6 Å². The van der Waals surface area contributed by atoms with Crippen molar-refractivity contribution in [3.8, 4) is 0 Å². The second kappa shape index (κ2) is 8.10. The summed E-state index contributed by atoms with van der Waals surface area (Å²) in [6, 6.07) is 7.17. The number of ether oxygens (including phenoxy) is 1. The van der Waals surface area contributed by atoms with Gasteiger partial charge in [-0.25, -0.2) is 9.79 Å². The van der Waals surface area contributed by atoms with Crippen molar-refractivity contribution in [2.75, 3.05) is 0 Å². The normalized spacial score (nSPS) is 18.4. The molecule has 1 spiro atoms. The molecular formula is C21H12BrCl3F3NO2.